The first-order valence-corrected chi connectivity index (χ1v) is 4.05. The molecule has 3 nitrogen and oxygen atoms in total. The Bertz CT molecular complexity index is 130. The third-order valence-electron chi connectivity index (χ3n) is 1.67. The highest BCUT2D eigenvalue weighted by molar-refractivity contribution is 6.64. The van der Waals surface area contributed by atoms with Crippen LogP contribution in [0.25, 0.3) is 0 Å². The molecule has 0 rings (SSSR count). The number of hydrogen-bond acceptors (Lipinski definition) is 3. The lowest BCUT2D eigenvalue weighted by Crippen LogP contribution is -2.38. The molecule has 0 aliphatic carbocycles. The summed E-state index contributed by atoms with van der Waals surface area (Å²) in [6.45, 7) is 4.93. The number of carbonyl (C=O) groups is 1. The summed E-state index contributed by atoms with van der Waals surface area (Å²) in [4.78, 5) is 12.5. The normalized spacial score (nSPS) is 13.5. The van der Waals surface area contributed by atoms with Gasteiger partial charge < -0.3 is 5.11 Å². The van der Waals surface area contributed by atoms with Gasteiger partial charge in [-0.05, 0) is 25.1 Å². The molecule has 0 aliphatic heterocycles. The summed E-state index contributed by atoms with van der Waals surface area (Å²) in [7, 11) is 0. The van der Waals surface area contributed by atoms with E-state index in [2.05, 4.69) is 0 Å². The molecule has 66 valence electrons. The largest absolute Gasteiger partial charge is 0.395 e. The molecule has 0 spiro atoms. The molecule has 0 amide bonds. The molecule has 0 bridgehead atoms. The van der Waals surface area contributed by atoms with E-state index >= 15 is 0 Å². The third-order valence-corrected chi connectivity index (χ3v) is 1.99. The Kier molecular flexibility index (Phi) is 5.46. The van der Waals surface area contributed by atoms with Crippen LogP contribution < -0.4 is 0 Å². The van der Waals surface area contributed by atoms with Crippen LogP contribution in [0.1, 0.15) is 13.8 Å². The number of hydrogen-bond donors (Lipinski definition) is 1. The number of rotatable bonds is 5. The van der Waals surface area contributed by atoms with Crippen LogP contribution in [0, 0.1) is 0 Å². The van der Waals surface area contributed by atoms with E-state index < -0.39 is 0 Å². The summed E-state index contributed by atoms with van der Waals surface area (Å²) < 4.78 is 0. The van der Waals surface area contributed by atoms with Crippen molar-refractivity contribution in [2.24, 2.45) is 0 Å². The monoisotopic (exact) mass is 179 g/mol. The van der Waals surface area contributed by atoms with E-state index in [0.29, 0.717) is 6.54 Å². The zero-order chi connectivity index (χ0) is 8.85. The van der Waals surface area contributed by atoms with E-state index in [0.717, 1.165) is 6.54 Å². The lowest BCUT2D eigenvalue weighted by atomic mass is 10.3. The molecule has 0 aromatic carbocycles. The number of halogens is 1. The van der Waals surface area contributed by atoms with Crippen molar-refractivity contribution in [3.05, 3.63) is 0 Å². The van der Waals surface area contributed by atoms with Gasteiger partial charge in [-0.25, -0.2) is 0 Å². The topological polar surface area (TPSA) is 40.5 Å². The van der Waals surface area contributed by atoms with E-state index in [1.807, 2.05) is 11.8 Å². The van der Waals surface area contributed by atoms with E-state index in [9.17, 15) is 4.79 Å². The molecular formula is C7H14ClNO2. The molecule has 0 saturated carbocycles. The molecule has 4 heteroatoms. The summed E-state index contributed by atoms with van der Waals surface area (Å²) in [5.74, 6) is 0. The molecule has 0 aromatic rings. The fourth-order valence-electron chi connectivity index (χ4n) is 0.898. The number of carbonyl (C=O) groups excluding carboxylic acids is 1. The second-order valence-electron chi connectivity index (χ2n) is 2.33. The van der Waals surface area contributed by atoms with Crippen molar-refractivity contribution in [1.29, 1.82) is 0 Å². The second kappa shape index (κ2) is 5.52. The van der Waals surface area contributed by atoms with Crippen molar-refractivity contribution in [3.8, 4) is 0 Å². The lowest BCUT2D eigenvalue weighted by molar-refractivity contribution is -0.116. The fraction of sp³-hybridized carbons (Fsp3) is 0.857. The molecule has 0 heterocycles. The Balaban J connectivity index is 3.91. The first-order chi connectivity index (χ1) is 5.13. The van der Waals surface area contributed by atoms with E-state index in [-0.39, 0.29) is 17.9 Å². The molecule has 0 fully saturated rings. The number of nitrogens with zero attached hydrogens (tertiary/aromatic N) is 1. The van der Waals surface area contributed by atoms with Gasteiger partial charge in [0.2, 0.25) is 5.24 Å². The Morgan fingerprint density at radius 3 is 2.55 bits per heavy atom. The van der Waals surface area contributed by atoms with Crippen molar-refractivity contribution in [3.63, 3.8) is 0 Å². The minimum atomic E-state index is -0.375. The van der Waals surface area contributed by atoms with Crippen molar-refractivity contribution in [2.75, 3.05) is 19.7 Å². The summed E-state index contributed by atoms with van der Waals surface area (Å²) in [5, 5.41) is 8.23. The van der Waals surface area contributed by atoms with Crippen LogP contribution in [0.5, 0.6) is 0 Å². The molecule has 1 N–H and O–H groups in total. The Morgan fingerprint density at radius 2 is 2.27 bits per heavy atom. The number of aliphatic hydroxyl groups excluding tert-OH is 1. The molecule has 0 aromatic heterocycles. The van der Waals surface area contributed by atoms with Gasteiger partial charge in [-0.2, -0.15) is 0 Å². The number of likely N-dealkylation sites (N-methyl/N-ethyl adjacent to an activating group) is 1. The van der Waals surface area contributed by atoms with Crippen molar-refractivity contribution >= 4 is 16.8 Å². The molecular weight excluding hydrogens is 166 g/mol. The maximum atomic E-state index is 10.7. The van der Waals surface area contributed by atoms with E-state index in [1.165, 1.54) is 0 Å². The van der Waals surface area contributed by atoms with E-state index in [1.54, 1.807) is 6.92 Å². The van der Waals surface area contributed by atoms with Crippen LogP contribution in [0.3, 0.4) is 0 Å². The van der Waals surface area contributed by atoms with Crippen LogP contribution in [0.2, 0.25) is 0 Å². The standard InChI is InChI=1S/C7H14ClNO2/c1-3-9(4-5-10)6(2)7(8)11/h6,10H,3-5H2,1-2H3. The maximum Gasteiger partial charge on any atom is 0.238 e. The van der Waals surface area contributed by atoms with Gasteiger partial charge in [0, 0.05) is 6.54 Å². The minimum absolute atomic E-state index is 0.0579. The van der Waals surface area contributed by atoms with Gasteiger partial charge in [0.05, 0.1) is 12.6 Å². The first-order valence-electron chi connectivity index (χ1n) is 3.67. The second-order valence-corrected chi connectivity index (χ2v) is 2.70. The molecule has 11 heavy (non-hydrogen) atoms. The predicted molar refractivity (Wildman–Crippen MR) is 44.7 cm³/mol. The smallest absolute Gasteiger partial charge is 0.238 e. The molecule has 1 unspecified atom stereocenters. The highest BCUT2D eigenvalue weighted by atomic mass is 35.5. The Labute approximate surface area is 71.9 Å². The summed E-state index contributed by atoms with van der Waals surface area (Å²) in [6.07, 6.45) is 0. The van der Waals surface area contributed by atoms with Crippen molar-refractivity contribution in [1.82, 2.24) is 4.90 Å². The van der Waals surface area contributed by atoms with Crippen molar-refractivity contribution in [2.45, 2.75) is 19.9 Å². The minimum Gasteiger partial charge on any atom is -0.395 e. The van der Waals surface area contributed by atoms with Crippen LogP contribution in [-0.2, 0) is 4.79 Å². The molecule has 0 radical (unpaired) electrons. The molecule has 0 aliphatic rings. The van der Waals surface area contributed by atoms with Crippen LogP contribution >= 0.6 is 11.6 Å². The summed E-state index contributed by atoms with van der Waals surface area (Å²) in [5.41, 5.74) is 0. The summed E-state index contributed by atoms with van der Waals surface area (Å²) in [6, 6.07) is -0.297. The quantitative estimate of drug-likeness (QED) is 0.624. The van der Waals surface area contributed by atoms with Crippen LogP contribution in [-0.4, -0.2) is 41.0 Å². The van der Waals surface area contributed by atoms with Gasteiger partial charge in [-0.3, -0.25) is 9.69 Å². The predicted octanol–water partition coefficient (Wildman–Crippen LogP) is 0.454. The van der Waals surface area contributed by atoms with Crippen LogP contribution in [0.15, 0.2) is 0 Å². The fourth-order valence-corrected chi connectivity index (χ4v) is 1.04. The molecule has 1 atom stereocenters. The van der Waals surface area contributed by atoms with Crippen molar-refractivity contribution < 1.29 is 9.90 Å². The van der Waals surface area contributed by atoms with Crippen LogP contribution in [0.4, 0.5) is 0 Å². The van der Waals surface area contributed by atoms with Gasteiger partial charge in [-0.15, -0.1) is 0 Å². The first kappa shape index (κ1) is 10.9. The van der Waals surface area contributed by atoms with Gasteiger partial charge in [0.25, 0.3) is 0 Å². The Morgan fingerprint density at radius 1 is 1.73 bits per heavy atom. The highest BCUT2D eigenvalue weighted by Gasteiger charge is 2.16. The average Bonchev–Trinajstić information content (AvgIpc) is 1.98. The molecule has 0 saturated heterocycles. The third kappa shape index (κ3) is 3.70. The zero-order valence-electron chi connectivity index (χ0n) is 6.88. The highest BCUT2D eigenvalue weighted by Crippen LogP contribution is 2.01. The van der Waals surface area contributed by atoms with E-state index in [4.69, 9.17) is 16.7 Å². The van der Waals surface area contributed by atoms with Gasteiger partial charge >= 0.3 is 0 Å². The average molecular weight is 180 g/mol. The van der Waals surface area contributed by atoms with Gasteiger partial charge in [-0.1, -0.05) is 6.92 Å². The SMILES string of the molecule is CCN(CCO)C(C)C(=O)Cl. The van der Waals surface area contributed by atoms with Gasteiger partial charge in [0.15, 0.2) is 0 Å². The zero-order valence-corrected chi connectivity index (χ0v) is 7.64. The Hall–Kier alpha value is -0.120. The van der Waals surface area contributed by atoms with Gasteiger partial charge in [0.1, 0.15) is 0 Å². The lowest BCUT2D eigenvalue weighted by Gasteiger charge is -2.23. The summed E-state index contributed by atoms with van der Waals surface area (Å²) >= 11 is 5.28. The maximum absolute atomic E-state index is 10.7. The number of aliphatic hydroxyl groups is 1.